The summed E-state index contributed by atoms with van der Waals surface area (Å²) in [6.45, 7) is 6.13. The Bertz CT molecular complexity index is 3490. The maximum atomic E-state index is 4.05. The van der Waals surface area contributed by atoms with Crippen LogP contribution in [0.5, 0.6) is 0 Å². The molecule has 0 atom stereocenters. The van der Waals surface area contributed by atoms with Gasteiger partial charge < -0.3 is 4.90 Å². The first-order valence-corrected chi connectivity index (χ1v) is 22.1. The van der Waals surface area contributed by atoms with Crippen LogP contribution in [0, 0.1) is 0 Å². The molecule has 0 saturated carbocycles. The van der Waals surface area contributed by atoms with Crippen LogP contribution in [0.3, 0.4) is 0 Å². The predicted octanol–water partition coefficient (Wildman–Crippen LogP) is 18.1. The van der Waals surface area contributed by atoms with E-state index in [4.69, 9.17) is 0 Å². The molecule has 11 rings (SSSR count). The average molecular weight is 816 g/mol. The molecule has 0 spiro atoms. The van der Waals surface area contributed by atoms with Gasteiger partial charge in [-0.15, -0.1) is 0 Å². The number of fused-ring (bicyclic) bond motifs is 5. The fourth-order valence-corrected chi connectivity index (χ4v) is 10.0. The lowest BCUT2D eigenvalue weighted by Crippen LogP contribution is -2.10. The summed E-state index contributed by atoms with van der Waals surface area (Å²) in [5.41, 5.74) is 13.0. The van der Waals surface area contributed by atoms with Crippen LogP contribution in [-0.4, -0.2) is 0 Å². The quantitative estimate of drug-likeness (QED) is 0.104. The van der Waals surface area contributed by atoms with Crippen LogP contribution in [0.1, 0.15) is 12.5 Å². The Labute approximate surface area is 374 Å². The number of hydrogen-bond donors (Lipinski definition) is 0. The summed E-state index contributed by atoms with van der Waals surface area (Å²) in [6, 6.07) is 79.8. The first-order chi connectivity index (χ1) is 31.7. The zero-order chi connectivity index (χ0) is 43.0. The fraction of sp³-hybridized carbons (Fsp3) is 0.0159. The average Bonchev–Trinajstić information content (AvgIpc) is 3.36. The molecule has 0 aromatic heterocycles. The Morgan fingerprint density at radius 3 is 1.20 bits per heavy atom. The highest BCUT2D eigenvalue weighted by Crippen LogP contribution is 2.47. The van der Waals surface area contributed by atoms with Crippen LogP contribution in [-0.2, 0) is 0 Å². The zero-order valence-electron chi connectivity index (χ0n) is 35.7. The lowest BCUT2D eigenvalue weighted by molar-refractivity contribution is 1.30. The van der Waals surface area contributed by atoms with Crippen molar-refractivity contribution in [3.05, 3.63) is 255 Å². The molecule has 0 aliphatic carbocycles. The third kappa shape index (κ3) is 6.58. The van der Waals surface area contributed by atoms with Gasteiger partial charge in [-0.3, -0.25) is 0 Å². The van der Waals surface area contributed by atoms with Gasteiger partial charge in [0.2, 0.25) is 0 Å². The second-order valence-electron chi connectivity index (χ2n) is 16.3. The van der Waals surface area contributed by atoms with Gasteiger partial charge in [0.05, 0.1) is 5.69 Å². The van der Waals surface area contributed by atoms with Crippen molar-refractivity contribution in [3.63, 3.8) is 0 Å². The number of anilines is 3. The van der Waals surface area contributed by atoms with E-state index in [9.17, 15) is 0 Å². The molecule has 11 aromatic rings. The van der Waals surface area contributed by atoms with E-state index in [1.54, 1.807) is 0 Å². The van der Waals surface area contributed by atoms with E-state index >= 15 is 0 Å². The molecule has 64 heavy (non-hydrogen) atoms. The van der Waals surface area contributed by atoms with Crippen molar-refractivity contribution in [2.24, 2.45) is 0 Å². The molecule has 0 aliphatic heterocycles. The van der Waals surface area contributed by atoms with Crippen molar-refractivity contribution >= 4 is 76.5 Å². The van der Waals surface area contributed by atoms with Crippen molar-refractivity contribution in [1.29, 1.82) is 0 Å². The van der Waals surface area contributed by atoms with Crippen LogP contribution in [0.15, 0.2) is 249 Å². The lowest BCUT2D eigenvalue weighted by atomic mass is 9.85. The van der Waals surface area contributed by atoms with Crippen molar-refractivity contribution < 1.29 is 0 Å². The minimum absolute atomic E-state index is 1.09. The summed E-state index contributed by atoms with van der Waals surface area (Å²) in [5, 5.41) is 12.3. The molecule has 0 N–H and O–H groups in total. The van der Waals surface area contributed by atoms with Gasteiger partial charge in [0.25, 0.3) is 0 Å². The highest BCUT2D eigenvalue weighted by molar-refractivity contribution is 6.22. The van der Waals surface area contributed by atoms with Gasteiger partial charge in [-0.05, 0) is 130 Å². The Balaban J connectivity index is 1.07. The number of nitrogens with zero attached hydrogens (tertiary/aromatic N) is 1. The van der Waals surface area contributed by atoms with Gasteiger partial charge >= 0.3 is 0 Å². The highest BCUT2D eigenvalue weighted by atomic mass is 15.1. The molecule has 0 radical (unpaired) electrons. The van der Waals surface area contributed by atoms with Crippen molar-refractivity contribution in [2.75, 3.05) is 4.90 Å². The van der Waals surface area contributed by atoms with Crippen molar-refractivity contribution in [3.8, 4) is 33.4 Å². The minimum Gasteiger partial charge on any atom is -0.310 e. The number of allylic oxidation sites excluding steroid dienone is 5. The molecule has 0 aliphatic rings. The monoisotopic (exact) mass is 815 g/mol. The maximum absolute atomic E-state index is 4.05. The highest BCUT2D eigenvalue weighted by Gasteiger charge is 2.21. The molecule has 11 aromatic carbocycles. The van der Waals surface area contributed by atoms with Crippen LogP contribution >= 0.6 is 0 Å². The first-order valence-electron chi connectivity index (χ1n) is 22.1. The maximum Gasteiger partial charge on any atom is 0.0540 e. The SMILES string of the molecule is C=C/C=C(\C=C/C)c1c2ccccc2c(-c2ccc(N(c3ccc(-c4c5ccccc5c(-c5ccccc5)c5ccccc45)cc3)c3cccc4ccccc34)cc2)c2ccccc12. The molecule has 0 unspecified atom stereocenters. The molecule has 0 bridgehead atoms. The summed E-state index contributed by atoms with van der Waals surface area (Å²) in [7, 11) is 0. The van der Waals surface area contributed by atoms with E-state index in [1.165, 1.54) is 92.8 Å². The summed E-state index contributed by atoms with van der Waals surface area (Å²) in [6.07, 6.45) is 8.29. The number of benzene rings is 11. The molecular weight excluding hydrogens is 771 g/mol. The van der Waals surface area contributed by atoms with Gasteiger partial charge in [-0.1, -0.05) is 219 Å². The second kappa shape index (κ2) is 16.5. The van der Waals surface area contributed by atoms with Gasteiger partial charge in [-0.2, -0.15) is 0 Å². The molecule has 0 saturated heterocycles. The predicted molar refractivity (Wildman–Crippen MR) is 278 cm³/mol. The van der Waals surface area contributed by atoms with Crippen LogP contribution in [0.25, 0.3) is 92.8 Å². The molecule has 302 valence electrons. The van der Waals surface area contributed by atoms with E-state index in [1.807, 2.05) is 6.08 Å². The van der Waals surface area contributed by atoms with Crippen LogP contribution in [0.4, 0.5) is 17.1 Å². The minimum atomic E-state index is 1.09. The molecule has 1 nitrogen and oxygen atoms in total. The lowest BCUT2D eigenvalue weighted by Gasteiger charge is -2.27. The summed E-state index contributed by atoms with van der Waals surface area (Å²) in [5.74, 6) is 0. The molecule has 1 heteroatoms. The van der Waals surface area contributed by atoms with E-state index in [0.29, 0.717) is 0 Å². The Morgan fingerprint density at radius 2 is 0.750 bits per heavy atom. The van der Waals surface area contributed by atoms with Gasteiger partial charge in [0.15, 0.2) is 0 Å². The standard InChI is InChI=1S/C63H45N/c1-3-19-44(20-4-2)60-51-26-10-14-30-55(51)62(56-31-15-11-27-52(56)60)46-35-39-48(40-36-46)64(59-34-18-24-43-21-8-9-25-50(43)59)49-41-37-47(38-42-49)63-57-32-16-12-28-53(57)61(45-22-6-5-7-23-45)54-29-13-17-33-58(54)63/h3-42H,1H2,2H3/b20-4-,44-19+. The number of hydrogen-bond acceptors (Lipinski definition) is 1. The van der Waals surface area contributed by atoms with Gasteiger partial charge in [-0.25, -0.2) is 0 Å². The van der Waals surface area contributed by atoms with Gasteiger partial charge in [0.1, 0.15) is 0 Å². The third-order valence-electron chi connectivity index (χ3n) is 12.7. The molecule has 0 fully saturated rings. The van der Waals surface area contributed by atoms with Crippen LogP contribution in [0.2, 0.25) is 0 Å². The topological polar surface area (TPSA) is 3.24 Å². The second-order valence-corrected chi connectivity index (χ2v) is 16.3. The summed E-state index contributed by atoms with van der Waals surface area (Å²) in [4.78, 5) is 2.41. The first kappa shape index (κ1) is 38.6. The summed E-state index contributed by atoms with van der Waals surface area (Å²) >= 11 is 0. The third-order valence-corrected chi connectivity index (χ3v) is 12.7. The molecule has 0 amide bonds. The zero-order valence-corrected chi connectivity index (χ0v) is 35.7. The Hall–Kier alpha value is -8.26. The van der Waals surface area contributed by atoms with Crippen molar-refractivity contribution in [1.82, 2.24) is 0 Å². The van der Waals surface area contributed by atoms with E-state index in [-0.39, 0.29) is 0 Å². The Kier molecular flexibility index (Phi) is 9.99. The largest absolute Gasteiger partial charge is 0.310 e. The van der Waals surface area contributed by atoms with Crippen LogP contribution < -0.4 is 4.90 Å². The van der Waals surface area contributed by atoms with Gasteiger partial charge in [0, 0.05) is 16.8 Å². The Morgan fingerprint density at radius 1 is 0.375 bits per heavy atom. The van der Waals surface area contributed by atoms with E-state index in [0.717, 1.165) is 22.6 Å². The summed E-state index contributed by atoms with van der Waals surface area (Å²) < 4.78 is 0. The number of rotatable bonds is 9. The normalized spacial score (nSPS) is 11.9. The van der Waals surface area contributed by atoms with E-state index < -0.39 is 0 Å². The van der Waals surface area contributed by atoms with Crippen molar-refractivity contribution in [2.45, 2.75) is 6.92 Å². The fourth-order valence-electron chi connectivity index (χ4n) is 10.0. The smallest absolute Gasteiger partial charge is 0.0540 e. The van der Waals surface area contributed by atoms with E-state index in [2.05, 4.69) is 255 Å². The molecule has 0 heterocycles. The molecular formula is C63H45N.